The van der Waals surface area contributed by atoms with Crippen LogP contribution in [-0.4, -0.2) is 39.9 Å². The zero-order valence-corrected chi connectivity index (χ0v) is 42.0. The van der Waals surface area contributed by atoms with Crippen molar-refractivity contribution in [2.24, 2.45) is 0 Å². The Kier molecular flexibility index (Phi) is 11.5. The van der Waals surface area contributed by atoms with E-state index in [0.29, 0.717) is 23.0 Å². The molecular weight excluding hydrogens is 973 g/mol. The largest absolute Gasteiger partial charge is 0.308 e. The molecule has 0 aliphatic carbocycles. The maximum absolute atomic E-state index is 5.34. The van der Waals surface area contributed by atoms with Crippen LogP contribution in [0.5, 0.6) is 0 Å². The van der Waals surface area contributed by atoms with Crippen LogP contribution in [0.2, 0.25) is 0 Å². The molecule has 358 valence electrons. The number of fused-ring (bicyclic) bond motifs is 4. The molecule has 2 aliphatic heterocycles. The molecule has 0 bridgehead atoms. The molecule has 2 aliphatic rings. The monoisotopic (exact) mass is 1010 g/mol. The van der Waals surface area contributed by atoms with Gasteiger partial charge in [0.1, 0.15) is 11.4 Å². The summed E-state index contributed by atoms with van der Waals surface area (Å²) in [7, 11) is 0. The van der Waals surface area contributed by atoms with E-state index >= 15 is 0 Å². The Hall–Kier alpha value is -9.62. The summed E-state index contributed by atoms with van der Waals surface area (Å²) in [5.41, 5.74) is 16.0. The maximum atomic E-state index is 5.34. The predicted octanol–water partition coefficient (Wildman–Crippen LogP) is 16.4. The van der Waals surface area contributed by atoms with Crippen LogP contribution in [0, 0.1) is 0 Å². The lowest BCUT2D eigenvalue weighted by atomic mass is 9.95. The molecule has 8 heterocycles. The summed E-state index contributed by atoms with van der Waals surface area (Å²) in [6.07, 6.45) is 10.8. The first-order valence-electron chi connectivity index (χ1n) is 24.7. The molecule has 76 heavy (non-hydrogen) atoms. The fourth-order valence-electron chi connectivity index (χ4n) is 9.81. The highest BCUT2D eigenvalue weighted by Crippen LogP contribution is 2.54. The number of rotatable bonds is 9. The van der Waals surface area contributed by atoms with Gasteiger partial charge in [-0.1, -0.05) is 84.2 Å². The van der Waals surface area contributed by atoms with E-state index in [9.17, 15) is 0 Å². The van der Waals surface area contributed by atoms with Crippen LogP contribution >= 0.6 is 23.5 Å². The topological polar surface area (TPSA) is 110 Å². The van der Waals surface area contributed by atoms with Crippen molar-refractivity contribution in [2.75, 3.05) is 9.80 Å². The zero-order valence-electron chi connectivity index (χ0n) is 40.4. The van der Waals surface area contributed by atoms with E-state index in [1.165, 1.54) is 0 Å². The van der Waals surface area contributed by atoms with E-state index in [0.717, 1.165) is 110 Å². The molecule has 0 unspecified atom stereocenters. The molecule has 6 aromatic carbocycles. The third-order valence-electron chi connectivity index (χ3n) is 13.3. The van der Waals surface area contributed by atoms with Crippen LogP contribution in [0.15, 0.2) is 263 Å². The van der Waals surface area contributed by atoms with E-state index in [1.807, 2.05) is 73.1 Å². The van der Waals surface area contributed by atoms with Crippen molar-refractivity contribution in [3.05, 3.63) is 243 Å². The number of nitrogens with zero attached hydrogens (tertiary/aromatic N) is 10. The molecule has 0 fully saturated rings. The predicted molar refractivity (Wildman–Crippen MR) is 304 cm³/mol. The number of hydrogen-bond acceptors (Lipinski definition) is 12. The summed E-state index contributed by atoms with van der Waals surface area (Å²) in [4.78, 5) is 48.7. The molecule has 0 spiro atoms. The average Bonchev–Trinajstić information content (AvgIpc) is 3.55. The number of aromatic nitrogens is 8. The number of anilines is 6. The van der Waals surface area contributed by atoms with Crippen LogP contribution in [0.4, 0.5) is 34.1 Å². The van der Waals surface area contributed by atoms with Crippen LogP contribution in [-0.2, 0) is 0 Å². The van der Waals surface area contributed by atoms with E-state index in [2.05, 4.69) is 165 Å². The second-order valence-corrected chi connectivity index (χ2v) is 20.3. The van der Waals surface area contributed by atoms with Crippen LogP contribution in [0.25, 0.3) is 79.2 Å². The van der Waals surface area contributed by atoms with Crippen molar-refractivity contribution in [2.45, 2.75) is 19.6 Å². The fraction of sp³-hybridized carbons (Fsp3) is 0. The normalized spacial score (nSPS) is 12.3. The molecule has 12 aromatic rings. The minimum Gasteiger partial charge on any atom is -0.308 e. The van der Waals surface area contributed by atoms with Crippen molar-refractivity contribution in [3.8, 4) is 79.2 Å². The van der Waals surface area contributed by atoms with E-state index < -0.39 is 0 Å². The van der Waals surface area contributed by atoms with Gasteiger partial charge < -0.3 is 9.80 Å². The Balaban J connectivity index is 1.05. The maximum Gasteiger partial charge on any atom is 0.179 e. The number of para-hydroxylation sites is 4. The Morgan fingerprint density at radius 3 is 0.987 bits per heavy atom. The van der Waals surface area contributed by atoms with Crippen molar-refractivity contribution in [1.29, 1.82) is 0 Å². The van der Waals surface area contributed by atoms with Crippen molar-refractivity contribution >= 4 is 57.6 Å². The zero-order chi connectivity index (χ0) is 50.4. The summed E-state index contributed by atoms with van der Waals surface area (Å²) in [5.74, 6) is 1.02. The molecule has 10 nitrogen and oxygen atoms in total. The molecule has 12 heteroatoms. The Labute approximate surface area is 447 Å². The third kappa shape index (κ3) is 8.50. The molecule has 14 rings (SSSR count). The van der Waals surface area contributed by atoms with Gasteiger partial charge in [-0.05, 0) is 157 Å². The minimum atomic E-state index is 0.510. The minimum absolute atomic E-state index is 0.510. The first kappa shape index (κ1) is 45.0. The molecule has 0 saturated heterocycles. The smallest absolute Gasteiger partial charge is 0.179 e. The first-order chi connectivity index (χ1) is 37.6. The van der Waals surface area contributed by atoms with Gasteiger partial charge in [-0.2, -0.15) is 0 Å². The summed E-state index contributed by atoms with van der Waals surface area (Å²) in [6, 6.07) is 71.7. The summed E-state index contributed by atoms with van der Waals surface area (Å²) >= 11 is 3.57. The van der Waals surface area contributed by atoms with Crippen LogP contribution in [0.1, 0.15) is 0 Å². The van der Waals surface area contributed by atoms with Gasteiger partial charge in [-0.25, -0.2) is 19.9 Å². The summed E-state index contributed by atoms with van der Waals surface area (Å²) in [5, 5.41) is 0. The quantitative estimate of drug-likeness (QED) is 0.137. The van der Waals surface area contributed by atoms with Crippen molar-refractivity contribution < 1.29 is 0 Å². The molecule has 0 amide bonds. The summed E-state index contributed by atoms with van der Waals surface area (Å²) in [6.45, 7) is 0. The lowest BCUT2D eigenvalue weighted by molar-refractivity contribution is 1.14. The Bertz CT molecular complexity index is 3670. The first-order valence-corrected chi connectivity index (χ1v) is 26.3. The van der Waals surface area contributed by atoms with Gasteiger partial charge in [0, 0.05) is 90.4 Å². The summed E-state index contributed by atoms with van der Waals surface area (Å²) < 4.78 is 0. The third-order valence-corrected chi connectivity index (χ3v) is 15.6. The van der Waals surface area contributed by atoms with Gasteiger partial charge in [-0.15, -0.1) is 0 Å². The average molecular weight is 1010 g/mol. The van der Waals surface area contributed by atoms with Gasteiger partial charge in [0.2, 0.25) is 0 Å². The lowest BCUT2D eigenvalue weighted by Gasteiger charge is -2.34. The van der Waals surface area contributed by atoms with E-state index in [1.54, 1.807) is 48.3 Å². The second kappa shape index (κ2) is 19.3. The van der Waals surface area contributed by atoms with Crippen LogP contribution < -0.4 is 9.80 Å². The second-order valence-electron chi connectivity index (χ2n) is 18.1. The van der Waals surface area contributed by atoms with Gasteiger partial charge in [0.05, 0.1) is 45.5 Å². The highest BCUT2D eigenvalue weighted by molar-refractivity contribution is 8.00. The highest BCUT2D eigenvalue weighted by Gasteiger charge is 2.28. The molecule has 0 N–H and O–H groups in total. The number of hydrogen-bond donors (Lipinski definition) is 0. The Morgan fingerprint density at radius 2 is 0.632 bits per heavy atom. The molecule has 0 radical (unpaired) electrons. The molecule has 0 atom stereocenters. The molecule has 6 aromatic heterocycles. The SMILES string of the molecule is c1ccc(-c2nc(-c3cccnc3)cc(-c3cc(-c4cc(-c5cc(-c6cccnc6)nc(-c6ccccn6)n5)cc(N5c6ccccc6Sc6ccccc65)c4)cc(N4c5ccccc5Sc5ccccc54)c3)n2)nc1. The van der Waals surface area contributed by atoms with Crippen LogP contribution in [0.3, 0.4) is 0 Å². The highest BCUT2D eigenvalue weighted by atomic mass is 32.2. The number of pyridine rings is 4. The molecule has 0 saturated carbocycles. The lowest BCUT2D eigenvalue weighted by Crippen LogP contribution is -2.15. The number of benzene rings is 6. The molecular formula is C64H40N10S2. The van der Waals surface area contributed by atoms with Gasteiger partial charge in [0.15, 0.2) is 11.6 Å². The van der Waals surface area contributed by atoms with Crippen molar-refractivity contribution in [1.82, 2.24) is 39.9 Å². The Morgan fingerprint density at radius 1 is 0.276 bits per heavy atom. The van der Waals surface area contributed by atoms with Gasteiger partial charge >= 0.3 is 0 Å². The van der Waals surface area contributed by atoms with E-state index in [-0.39, 0.29) is 0 Å². The van der Waals surface area contributed by atoms with Gasteiger partial charge in [-0.3, -0.25) is 19.9 Å². The van der Waals surface area contributed by atoms with E-state index in [4.69, 9.17) is 29.9 Å². The standard InChI is InChI=1S/C64H40N10S2/c1-5-23-59-55(19-1)73(56-20-2-6-24-60(56)75-59)47-33-43(31-45(35-47)53-37-51(41-15-13-27-65-39-41)69-63(71-53)49-17-9-11-29-67-49)44-32-46(36-48(34-44)74-57-21-3-7-25-61(57)76-62-26-8-4-22-58(62)74)54-38-52(42-16-14-28-66-40-42)70-64(72-54)50-18-10-12-30-68-50/h1-40H. The van der Waals surface area contributed by atoms with Gasteiger partial charge in [0.25, 0.3) is 0 Å². The van der Waals surface area contributed by atoms with Crippen molar-refractivity contribution in [3.63, 3.8) is 0 Å². The fourth-order valence-corrected chi connectivity index (χ4v) is 11.9.